The zero-order valence-electron chi connectivity index (χ0n) is 15.0. The molecule has 2 aromatic rings. The fraction of sp³-hybridized carbons (Fsp3) is 0.375. The molecule has 2 heterocycles. The number of benzene rings is 1. The van der Waals surface area contributed by atoms with Gasteiger partial charge in [0.1, 0.15) is 4.90 Å². The van der Waals surface area contributed by atoms with Gasteiger partial charge in [-0.1, -0.05) is 11.6 Å². The van der Waals surface area contributed by atoms with Crippen LogP contribution < -0.4 is 0 Å². The van der Waals surface area contributed by atoms with Gasteiger partial charge in [-0.2, -0.15) is 9.40 Å². The summed E-state index contributed by atoms with van der Waals surface area (Å²) in [5.74, 6) is -0.464. The average molecular weight is 428 g/mol. The largest absolute Gasteiger partial charge is 0.337 e. The molecule has 0 unspecified atom stereocenters. The maximum Gasteiger partial charge on any atom is 0.270 e. The highest BCUT2D eigenvalue weighted by Crippen LogP contribution is 2.24. The van der Waals surface area contributed by atoms with Crippen LogP contribution in [0.25, 0.3) is 0 Å². The molecule has 3 rings (SSSR count). The summed E-state index contributed by atoms with van der Waals surface area (Å²) < 4.78 is 28.2. The minimum Gasteiger partial charge on any atom is -0.337 e. The Bertz CT molecular complexity index is 1020. The van der Waals surface area contributed by atoms with E-state index in [1.54, 1.807) is 7.05 Å². The van der Waals surface area contributed by atoms with Crippen LogP contribution in [-0.4, -0.2) is 64.4 Å². The summed E-state index contributed by atoms with van der Waals surface area (Å²) in [6.07, 6.45) is 3.13. The summed E-state index contributed by atoms with van der Waals surface area (Å²) in [5, 5.41) is 15.0. The number of carbonyl (C=O) groups is 1. The number of sulfonamides is 1. The standard InChI is InChI=1S/C16H18ClN5O5S/c1-19-11-13(10-18-19)28(26,27)21-6-2-5-20(7-8-21)16(23)14-9-12(22(24)25)3-4-15(14)17/h3-4,9-11H,2,5-8H2,1H3. The molecule has 0 radical (unpaired) electrons. The lowest BCUT2D eigenvalue weighted by molar-refractivity contribution is -0.384. The van der Waals surface area contributed by atoms with Crippen LogP contribution >= 0.6 is 11.6 Å². The average Bonchev–Trinajstić information content (AvgIpc) is 2.94. The number of hydrogen-bond donors (Lipinski definition) is 0. The van der Waals surface area contributed by atoms with E-state index in [4.69, 9.17) is 11.6 Å². The third kappa shape index (κ3) is 4.01. The van der Waals surface area contributed by atoms with Crippen molar-refractivity contribution in [2.75, 3.05) is 26.2 Å². The maximum atomic E-state index is 12.8. The first kappa shape index (κ1) is 20.2. The van der Waals surface area contributed by atoms with Crippen molar-refractivity contribution in [2.24, 2.45) is 7.05 Å². The molecule has 0 spiro atoms. The number of halogens is 1. The number of hydrogen-bond acceptors (Lipinski definition) is 6. The Hall–Kier alpha value is -2.50. The van der Waals surface area contributed by atoms with Crippen LogP contribution in [-0.2, 0) is 17.1 Å². The van der Waals surface area contributed by atoms with E-state index in [9.17, 15) is 23.3 Å². The Morgan fingerprint density at radius 3 is 2.64 bits per heavy atom. The van der Waals surface area contributed by atoms with Crippen molar-refractivity contribution >= 4 is 33.2 Å². The van der Waals surface area contributed by atoms with Crippen LogP contribution in [0.5, 0.6) is 0 Å². The van der Waals surface area contributed by atoms with Gasteiger partial charge in [0.05, 0.1) is 21.7 Å². The first-order valence-corrected chi connectivity index (χ1v) is 10.2. The minimum absolute atomic E-state index is 0.0273. The first-order chi connectivity index (χ1) is 13.2. The number of aryl methyl sites for hydroxylation is 1. The molecule has 12 heteroatoms. The summed E-state index contributed by atoms with van der Waals surface area (Å²) in [7, 11) is -2.08. The molecule has 1 saturated heterocycles. The van der Waals surface area contributed by atoms with Crippen LogP contribution in [0.3, 0.4) is 0 Å². The Labute approximate surface area is 166 Å². The van der Waals surface area contributed by atoms with Crippen LogP contribution in [0.15, 0.2) is 35.5 Å². The van der Waals surface area contributed by atoms with Crippen molar-refractivity contribution in [1.29, 1.82) is 0 Å². The van der Waals surface area contributed by atoms with E-state index in [2.05, 4.69) is 5.10 Å². The van der Waals surface area contributed by atoms with Gasteiger partial charge in [-0.15, -0.1) is 0 Å². The number of nitro groups is 1. The van der Waals surface area contributed by atoms with E-state index in [0.717, 1.165) is 6.07 Å². The third-order valence-electron chi connectivity index (χ3n) is 4.45. The lowest BCUT2D eigenvalue weighted by Gasteiger charge is -2.22. The van der Waals surface area contributed by atoms with Gasteiger partial charge >= 0.3 is 0 Å². The lowest BCUT2D eigenvalue weighted by Crippen LogP contribution is -2.37. The first-order valence-electron chi connectivity index (χ1n) is 8.42. The Morgan fingerprint density at radius 2 is 2.00 bits per heavy atom. The molecular formula is C16H18ClN5O5S. The van der Waals surface area contributed by atoms with Crippen molar-refractivity contribution in [3.8, 4) is 0 Å². The third-order valence-corrected chi connectivity index (χ3v) is 6.63. The van der Waals surface area contributed by atoms with E-state index < -0.39 is 20.9 Å². The quantitative estimate of drug-likeness (QED) is 0.539. The van der Waals surface area contributed by atoms with Crippen LogP contribution in [0, 0.1) is 10.1 Å². The molecule has 1 aliphatic rings. The predicted molar refractivity (Wildman–Crippen MR) is 101 cm³/mol. The van der Waals surface area contributed by atoms with Crippen LogP contribution in [0.2, 0.25) is 5.02 Å². The molecule has 1 fully saturated rings. The topological polar surface area (TPSA) is 119 Å². The van der Waals surface area contributed by atoms with Gasteiger partial charge in [-0.25, -0.2) is 8.42 Å². The van der Waals surface area contributed by atoms with Gasteiger partial charge in [0.25, 0.3) is 11.6 Å². The number of carbonyl (C=O) groups excluding carboxylic acids is 1. The van der Waals surface area contributed by atoms with Crippen molar-refractivity contribution < 1.29 is 18.1 Å². The zero-order chi connectivity index (χ0) is 20.5. The smallest absolute Gasteiger partial charge is 0.270 e. The number of nitrogens with zero attached hydrogens (tertiary/aromatic N) is 5. The summed E-state index contributed by atoms with van der Waals surface area (Å²) >= 11 is 6.05. The summed E-state index contributed by atoms with van der Waals surface area (Å²) in [4.78, 5) is 24.7. The lowest BCUT2D eigenvalue weighted by atomic mass is 10.1. The maximum absolute atomic E-state index is 12.8. The minimum atomic E-state index is -3.71. The molecule has 0 saturated carbocycles. The van der Waals surface area contributed by atoms with E-state index in [1.807, 2.05) is 0 Å². The summed E-state index contributed by atoms with van der Waals surface area (Å²) in [6.45, 7) is 0.827. The van der Waals surface area contributed by atoms with E-state index >= 15 is 0 Å². The number of nitro benzene ring substituents is 1. The molecule has 0 aliphatic carbocycles. The molecule has 1 aromatic heterocycles. The fourth-order valence-electron chi connectivity index (χ4n) is 2.98. The van der Waals surface area contributed by atoms with E-state index in [-0.39, 0.29) is 40.8 Å². The molecule has 0 atom stereocenters. The fourth-order valence-corrected chi connectivity index (χ4v) is 4.63. The highest BCUT2D eigenvalue weighted by Gasteiger charge is 2.30. The van der Waals surface area contributed by atoms with Crippen molar-refractivity contribution in [3.63, 3.8) is 0 Å². The van der Waals surface area contributed by atoms with Gasteiger partial charge < -0.3 is 4.90 Å². The number of amides is 1. The molecule has 0 bridgehead atoms. The van der Waals surface area contributed by atoms with E-state index in [1.165, 1.54) is 38.4 Å². The summed E-state index contributed by atoms with van der Waals surface area (Å²) in [5.41, 5.74) is -0.206. The molecule has 150 valence electrons. The molecule has 28 heavy (non-hydrogen) atoms. The second kappa shape index (κ2) is 7.86. The monoisotopic (exact) mass is 427 g/mol. The molecule has 1 aliphatic heterocycles. The van der Waals surface area contributed by atoms with Crippen LogP contribution in [0.1, 0.15) is 16.8 Å². The zero-order valence-corrected chi connectivity index (χ0v) is 16.6. The molecular weight excluding hydrogens is 410 g/mol. The van der Waals surface area contributed by atoms with Gasteiger partial charge in [0.2, 0.25) is 10.0 Å². The highest BCUT2D eigenvalue weighted by atomic mass is 35.5. The van der Waals surface area contributed by atoms with Gasteiger partial charge in [0.15, 0.2) is 0 Å². The molecule has 1 aromatic carbocycles. The Balaban J connectivity index is 1.78. The molecule has 1 amide bonds. The SMILES string of the molecule is Cn1cc(S(=O)(=O)N2CCCN(C(=O)c3cc([N+](=O)[O-])ccc3Cl)CC2)cn1. The Morgan fingerprint density at radius 1 is 1.25 bits per heavy atom. The highest BCUT2D eigenvalue weighted by molar-refractivity contribution is 7.89. The second-order valence-electron chi connectivity index (χ2n) is 6.32. The van der Waals surface area contributed by atoms with E-state index in [0.29, 0.717) is 13.0 Å². The molecule has 10 nitrogen and oxygen atoms in total. The van der Waals surface area contributed by atoms with Gasteiger partial charge in [0, 0.05) is 51.6 Å². The van der Waals surface area contributed by atoms with Crippen LogP contribution in [0.4, 0.5) is 5.69 Å². The van der Waals surface area contributed by atoms with Gasteiger partial charge in [-0.3, -0.25) is 19.6 Å². The van der Waals surface area contributed by atoms with Crippen molar-refractivity contribution in [1.82, 2.24) is 19.0 Å². The number of rotatable bonds is 4. The van der Waals surface area contributed by atoms with Crippen molar-refractivity contribution in [2.45, 2.75) is 11.3 Å². The second-order valence-corrected chi connectivity index (χ2v) is 8.67. The van der Waals surface area contributed by atoms with Crippen molar-refractivity contribution in [3.05, 3.63) is 51.3 Å². The Kier molecular flexibility index (Phi) is 5.68. The normalized spacial score (nSPS) is 16.0. The number of aromatic nitrogens is 2. The molecule has 0 N–H and O–H groups in total. The number of non-ortho nitro benzene ring substituents is 1. The predicted octanol–water partition coefficient (Wildman–Crippen LogP) is 1.52. The summed E-state index contributed by atoms with van der Waals surface area (Å²) in [6, 6.07) is 3.67. The van der Waals surface area contributed by atoms with Gasteiger partial charge in [-0.05, 0) is 12.5 Å².